The van der Waals surface area contributed by atoms with Crippen molar-refractivity contribution in [1.29, 1.82) is 0 Å². The number of pyridine rings is 2. The van der Waals surface area contributed by atoms with Gasteiger partial charge >= 0.3 is 0 Å². The second-order valence-electron chi connectivity index (χ2n) is 28.9. The zero-order valence-corrected chi connectivity index (χ0v) is 52.1. The van der Waals surface area contributed by atoms with E-state index in [2.05, 4.69) is 281 Å². The third kappa shape index (κ3) is 6.99. The van der Waals surface area contributed by atoms with Crippen molar-refractivity contribution < 1.29 is 9.47 Å². The Morgan fingerprint density at radius 1 is 0.356 bits per heavy atom. The van der Waals surface area contributed by atoms with Gasteiger partial charge in [0.25, 0.3) is 13.4 Å². The monoisotopic (exact) mass is 1160 g/mol. The maximum atomic E-state index is 7.83. The first-order chi connectivity index (χ1) is 43.6. The van der Waals surface area contributed by atoms with Crippen LogP contribution in [0.2, 0.25) is 0 Å². The van der Waals surface area contributed by atoms with Crippen LogP contribution < -0.4 is 52.1 Å². The van der Waals surface area contributed by atoms with Gasteiger partial charge in [-0.1, -0.05) is 195 Å². The average Bonchev–Trinajstić information content (AvgIpc) is 0.827. The largest absolute Gasteiger partial charge is 0.458 e. The van der Waals surface area contributed by atoms with E-state index < -0.39 is 0 Å². The predicted octanol–water partition coefficient (Wildman–Crippen LogP) is 16.2. The molecule has 0 N–H and O–H groups in total. The van der Waals surface area contributed by atoms with Crippen LogP contribution in [0.3, 0.4) is 0 Å². The number of hydrogen-bond donors (Lipinski definition) is 0. The second-order valence-corrected chi connectivity index (χ2v) is 28.9. The van der Waals surface area contributed by atoms with Crippen molar-refractivity contribution in [3.05, 3.63) is 229 Å². The highest BCUT2D eigenvalue weighted by Crippen LogP contribution is 2.55. The standard InChI is InChI=1S/C80H66B2N6O2/c1-77(2)39-41-79(5,6)69-53(77)35-37-55-73(69)89-65-45-67(87-59-31-19-15-27-49(59)50-28-16-20-32-60(50)87)83-75-71(65)81(55)57-43-58-64(44-63(57)85(75)47-23-11-9-12-24-47)86(48-25-13-10-14-26-48)76-72-66(46-68(84-76)88-61-33-21-17-29-51(61)52-30-18-22-34-62(52)88)90-74-56(82(58)72)38-36-54-70(74)80(7,8)42-40-78(54,3)4/h9-38,43-46H,39-42H2,1-8H3. The highest BCUT2D eigenvalue weighted by atomic mass is 16.5. The summed E-state index contributed by atoms with van der Waals surface area (Å²) in [6, 6.07) is 76.1. The first-order valence-electron chi connectivity index (χ1n) is 32.3. The van der Waals surface area contributed by atoms with Crippen molar-refractivity contribution in [2.24, 2.45) is 0 Å². The molecule has 2 aliphatic carbocycles. The molecule has 9 aromatic carbocycles. The van der Waals surface area contributed by atoms with Crippen molar-refractivity contribution in [1.82, 2.24) is 19.1 Å². The fraction of sp³-hybridized carbons (Fsp3) is 0.200. The lowest BCUT2D eigenvalue weighted by atomic mass is 9.30. The van der Waals surface area contributed by atoms with Gasteiger partial charge in [0.2, 0.25) is 0 Å². The maximum absolute atomic E-state index is 7.83. The minimum Gasteiger partial charge on any atom is -0.458 e. The molecule has 90 heavy (non-hydrogen) atoms. The number of anilines is 6. The molecule has 0 unspecified atom stereocenters. The van der Waals surface area contributed by atoms with Crippen molar-refractivity contribution in [2.75, 3.05) is 9.80 Å². The number of ether oxygens (including phenoxy) is 2. The number of fused-ring (bicyclic) bond motifs is 18. The summed E-state index contributed by atoms with van der Waals surface area (Å²) >= 11 is 0. The van der Waals surface area contributed by atoms with Gasteiger partial charge < -0.3 is 9.47 Å². The Bertz CT molecular complexity index is 4880. The molecule has 0 atom stereocenters. The van der Waals surface area contributed by atoms with Crippen molar-refractivity contribution in [3.63, 3.8) is 0 Å². The van der Waals surface area contributed by atoms with E-state index in [1.54, 1.807) is 0 Å². The van der Waals surface area contributed by atoms with Crippen LogP contribution in [-0.2, 0) is 21.7 Å². The van der Waals surface area contributed by atoms with Crippen molar-refractivity contribution in [3.8, 4) is 34.6 Å². The smallest absolute Gasteiger partial charge is 0.258 e. The summed E-state index contributed by atoms with van der Waals surface area (Å²) in [5.41, 5.74) is 20.4. The summed E-state index contributed by atoms with van der Waals surface area (Å²) in [6.07, 6.45) is 4.29. The Balaban J connectivity index is 0.954. The van der Waals surface area contributed by atoms with Gasteiger partial charge in [0, 0.05) is 78.5 Å². The third-order valence-electron chi connectivity index (χ3n) is 21.9. The summed E-state index contributed by atoms with van der Waals surface area (Å²) in [6.45, 7) is 18.9. The lowest BCUT2D eigenvalue weighted by molar-refractivity contribution is 0.320. The molecule has 0 saturated heterocycles. The summed E-state index contributed by atoms with van der Waals surface area (Å²) < 4.78 is 20.4. The molecule has 0 saturated carbocycles. The van der Waals surface area contributed by atoms with Crippen molar-refractivity contribution >= 4 is 124 Å². The highest BCUT2D eigenvalue weighted by Gasteiger charge is 2.52. The van der Waals surface area contributed by atoms with Gasteiger partial charge in [-0.3, -0.25) is 18.9 Å². The molecule has 0 radical (unpaired) electrons. The Kier molecular flexibility index (Phi) is 10.4. The zero-order valence-electron chi connectivity index (χ0n) is 52.1. The Hall–Kier alpha value is -9.79. The molecule has 10 heteroatoms. The van der Waals surface area contributed by atoms with Gasteiger partial charge in [-0.2, -0.15) is 0 Å². The fourth-order valence-corrected chi connectivity index (χ4v) is 17.3. The lowest BCUT2D eigenvalue weighted by Crippen LogP contribution is -2.64. The summed E-state index contributed by atoms with van der Waals surface area (Å²) in [7, 11) is 0. The fourth-order valence-electron chi connectivity index (χ4n) is 17.3. The summed E-state index contributed by atoms with van der Waals surface area (Å²) in [5.74, 6) is 6.94. The number of para-hydroxylation sites is 6. The number of nitrogens with zero attached hydrogens (tertiary/aromatic N) is 6. The number of rotatable bonds is 4. The SMILES string of the molecule is CC1(C)CCC(C)(C)c2c1ccc1c2Oc2cc(-n3c4ccccc4c4ccccc43)nc3c2B1c1cc2c(cc1N3c1ccccc1)N(c1ccccc1)c1nc(-n3c4ccccc4c4ccccc43)cc3c1B2c1ccc2c(c1O3)C(C)(C)CCC2(C)C. The normalized spacial score (nSPS) is 17.2. The summed E-state index contributed by atoms with van der Waals surface area (Å²) in [5, 5.41) is 4.73. The predicted molar refractivity (Wildman–Crippen MR) is 373 cm³/mol. The molecule has 6 aliphatic rings. The highest BCUT2D eigenvalue weighted by molar-refractivity contribution is 7.02. The topological polar surface area (TPSA) is 60.6 Å². The van der Waals surface area contributed by atoms with Crippen LogP contribution >= 0.6 is 0 Å². The van der Waals surface area contributed by atoms with Crippen LogP contribution in [0.4, 0.5) is 34.4 Å². The van der Waals surface area contributed by atoms with Gasteiger partial charge in [-0.15, -0.1) is 0 Å². The Morgan fingerprint density at radius 3 is 1.08 bits per heavy atom. The first-order valence-corrected chi connectivity index (χ1v) is 32.3. The maximum Gasteiger partial charge on any atom is 0.258 e. The van der Waals surface area contributed by atoms with Crippen LogP contribution in [0, 0.1) is 0 Å². The quantitative estimate of drug-likeness (QED) is 0.164. The van der Waals surface area contributed by atoms with E-state index >= 15 is 0 Å². The van der Waals surface area contributed by atoms with E-state index in [0.717, 1.165) is 128 Å². The molecule has 4 aromatic heterocycles. The molecule has 0 bridgehead atoms. The Morgan fingerprint density at radius 2 is 0.700 bits per heavy atom. The van der Waals surface area contributed by atoms with E-state index in [1.807, 2.05) is 0 Å². The number of benzene rings is 9. The molecule has 13 aromatic rings. The van der Waals surface area contributed by atoms with E-state index in [4.69, 9.17) is 19.4 Å². The molecule has 4 aliphatic heterocycles. The number of aromatic nitrogens is 4. The lowest BCUT2D eigenvalue weighted by Gasteiger charge is -2.47. The number of hydrogen-bond acceptors (Lipinski definition) is 6. The molecule has 8 nitrogen and oxygen atoms in total. The first kappa shape index (κ1) is 52.2. The Labute approximate surface area is 525 Å². The molecule has 0 spiro atoms. The molecule has 0 fully saturated rings. The molecule has 19 rings (SSSR count). The van der Waals surface area contributed by atoms with Crippen LogP contribution in [0.15, 0.2) is 206 Å². The molecule has 0 amide bonds. The molecule has 8 heterocycles. The van der Waals surface area contributed by atoms with E-state index in [0.29, 0.717) is 0 Å². The van der Waals surface area contributed by atoms with Crippen LogP contribution in [0.5, 0.6) is 23.0 Å². The molecular weight excluding hydrogens is 1100 g/mol. The van der Waals surface area contributed by atoms with Gasteiger partial charge in [0.15, 0.2) is 0 Å². The minimum absolute atomic E-state index is 0.0461. The van der Waals surface area contributed by atoms with Gasteiger partial charge in [0.05, 0.1) is 22.1 Å². The van der Waals surface area contributed by atoms with E-state index in [9.17, 15) is 0 Å². The van der Waals surface area contributed by atoms with Crippen LogP contribution in [0.25, 0.3) is 55.2 Å². The van der Waals surface area contributed by atoms with E-state index in [-0.39, 0.29) is 35.1 Å². The minimum atomic E-state index is -0.255. The van der Waals surface area contributed by atoms with Gasteiger partial charge in [0.1, 0.15) is 46.3 Å². The third-order valence-corrected chi connectivity index (χ3v) is 21.9. The molecule has 434 valence electrons. The van der Waals surface area contributed by atoms with Gasteiger partial charge in [-0.25, -0.2) is 9.97 Å². The van der Waals surface area contributed by atoms with Crippen LogP contribution in [0.1, 0.15) is 103 Å². The molecular formula is C80H66B2N6O2. The van der Waals surface area contributed by atoms with E-state index in [1.165, 1.54) is 65.6 Å². The zero-order chi connectivity index (χ0) is 60.5. The second kappa shape index (κ2) is 18.0. The van der Waals surface area contributed by atoms with Crippen LogP contribution in [-0.4, -0.2) is 32.5 Å². The average molecular weight is 1170 g/mol. The van der Waals surface area contributed by atoms with Gasteiger partial charge in [-0.05, 0) is 135 Å². The van der Waals surface area contributed by atoms with Crippen molar-refractivity contribution in [2.45, 2.75) is 103 Å². The summed E-state index contributed by atoms with van der Waals surface area (Å²) in [4.78, 5) is 17.0.